The normalized spacial score (nSPS) is 11.6. The molecule has 2 rings (SSSR count). The topological polar surface area (TPSA) is 93.7 Å². The van der Waals surface area contributed by atoms with Crippen LogP contribution in [0, 0.1) is 0 Å². The molecule has 0 bridgehead atoms. The van der Waals surface area contributed by atoms with E-state index in [2.05, 4.69) is 14.8 Å². The summed E-state index contributed by atoms with van der Waals surface area (Å²) >= 11 is 0. The number of methoxy groups -OCH3 is 1. The number of amides is 1. The van der Waals surface area contributed by atoms with Crippen molar-refractivity contribution in [3.05, 3.63) is 53.6 Å². The first-order valence-electron chi connectivity index (χ1n) is 9.14. The van der Waals surface area contributed by atoms with E-state index in [1.54, 1.807) is 19.9 Å². The second kappa shape index (κ2) is 10.4. The Bertz CT molecular complexity index is 964. The van der Waals surface area contributed by atoms with E-state index in [-0.39, 0.29) is 34.9 Å². The van der Waals surface area contributed by atoms with E-state index in [0.29, 0.717) is 17.5 Å². The summed E-state index contributed by atoms with van der Waals surface area (Å²) in [5, 5.41) is 2.70. The molecule has 0 fully saturated rings. The fourth-order valence-electron chi connectivity index (χ4n) is 2.65. The van der Waals surface area contributed by atoms with Crippen molar-refractivity contribution in [2.24, 2.45) is 0 Å². The Balaban J connectivity index is 1.96. The molecule has 164 valence electrons. The summed E-state index contributed by atoms with van der Waals surface area (Å²) in [5.41, 5.74) is 0.975. The summed E-state index contributed by atoms with van der Waals surface area (Å²) in [7, 11) is -2.28. The second-order valence-electron chi connectivity index (χ2n) is 6.67. The largest absolute Gasteiger partial charge is 0.493 e. The summed E-state index contributed by atoms with van der Waals surface area (Å²) in [6.45, 7) is 0.695. The van der Waals surface area contributed by atoms with Gasteiger partial charge >= 0.3 is 6.61 Å². The molecule has 0 aliphatic rings. The molecule has 0 aromatic heterocycles. The monoisotopic (exact) mass is 442 g/mol. The summed E-state index contributed by atoms with van der Waals surface area (Å²) in [5.74, 6) is -0.276. The lowest BCUT2D eigenvalue weighted by molar-refractivity contribution is -0.0512. The average molecular weight is 442 g/mol. The van der Waals surface area contributed by atoms with Crippen molar-refractivity contribution in [1.82, 2.24) is 10.0 Å². The fourth-order valence-corrected chi connectivity index (χ4v) is 3.90. The maximum Gasteiger partial charge on any atom is 0.387 e. The van der Waals surface area contributed by atoms with Gasteiger partial charge in [-0.05, 0) is 62.2 Å². The van der Waals surface area contributed by atoms with Gasteiger partial charge in [-0.3, -0.25) is 4.79 Å². The number of carbonyl (C=O) groups excluding carboxylic acids is 1. The molecule has 7 nitrogen and oxygen atoms in total. The lowest BCUT2D eigenvalue weighted by atomic mass is 10.1. The van der Waals surface area contributed by atoms with E-state index in [4.69, 9.17) is 4.74 Å². The van der Waals surface area contributed by atoms with Crippen LogP contribution in [0.15, 0.2) is 47.4 Å². The molecule has 10 heteroatoms. The Morgan fingerprint density at radius 3 is 2.30 bits per heavy atom. The molecular weight excluding hydrogens is 418 g/mol. The van der Waals surface area contributed by atoms with Crippen LogP contribution < -0.4 is 19.5 Å². The van der Waals surface area contributed by atoms with Gasteiger partial charge < -0.3 is 14.8 Å². The zero-order valence-corrected chi connectivity index (χ0v) is 17.6. The zero-order valence-electron chi connectivity index (χ0n) is 16.8. The Morgan fingerprint density at radius 2 is 1.73 bits per heavy atom. The predicted octanol–water partition coefficient (Wildman–Crippen LogP) is 2.96. The predicted molar refractivity (Wildman–Crippen MR) is 108 cm³/mol. The third-order valence-corrected chi connectivity index (χ3v) is 5.64. The number of nitrogens with one attached hydrogen (secondary N) is 2. The Morgan fingerprint density at radius 1 is 1.07 bits per heavy atom. The highest BCUT2D eigenvalue weighted by Gasteiger charge is 2.16. The Hall–Kier alpha value is -2.72. The minimum Gasteiger partial charge on any atom is -0.493 e. The molecule has 0 unspecified atom stereocenters. The summed E-state index contributed by atoms with van der Waals surface area (Å²) in [6, 6.07) is 9.94. The number of carbonyl (C=O) groups is 1. The molecule has 0 atom stereocenters. The van der Waals surface area contributed by atoms with Crippen LogP contribution in [-0.4, -0.2) is 40.6 Å². The molecule has 0 aliphatic heterocycles. The van der Waals surface area contributed by atoms with Crippen LogP contribution in [0.1, 0.15) is 29.8 Å². The van der Waals surface area contributed by atoms with Crippen LogP contribution in [0.5, 0.6) is 11.5 Å². The van der Waals surface area contributed by atoms with Crippen molar-refractivity contribution in [2.75, 3.05) is 13.7 Å². The van der Waals surface area contributed by atoms with E-state index >= 15 is 0 Å². The zero-order chi connectivity index (χ0) is 22.3. The van der Waals surface area contributed by atoms with E-state index in [1.807, 2.05) is 0 Å². The summed E-state index contributed by atoms with van der Waals surface area (Å²) in [4.78, 5) is 12.3. The first-order valence-corrected chi connectivity index (χ1v) is 10.6. The number of ether oxygens (including phenoxy) is 2. The molecule has 2 aromatic carbocycles. The molecule has 30 heavy (non-hydrogen) atoms. The van der Waals surface area contributed by atoms with Gasteiger partial charge in [0.15, 0.2) is 11.5 Å². The van der Waals surface area contributed by atoms with Crippen LogP contribution in [-0.2, 0) is 16.4 Å². The van der Waals surface area contributed by atoms with Crippen LogP contribution in [0.3, 0.4) is 0 Å². The van der Waals surface area contributed by atoms with Crippen LogP contribution in [0.25, 0.3) is 0 Å². The standard InChI is InChI=1S/C20H24F2N2O5S/c1-13(2)24-30(26,27)16-7-5-15(6-8-16)19(25)23-11-10-14-4-9-17(28-3)18(12-14)29-20(21)22/h4-9,12-13,20,24H,10-11H2,1-3H3,(H,23,25). The molecule has 1 amide bonds. The summed E-state index contributed by atoms with van der Waals surface area (Å²) < 4.78 is 61.1. The maximum absolute atomic E-state index is 12.5. The average Bonchev–Trinajstić information content (AvgIpc) is 2.67. The van der Waals surface area contributed by atoms with E-state index in [0.717, 1.165) is 0 Å². The smallest absolute Gasteiger partial charge is 0.387 e. The number of benzene rings is 2. The van der Waals surface area contributed by atoms with Crippen molar-refractivity contribution in [3.8, 4) is 11.5 Å². The number of hydrogen-bond donors (Lipinski definition) is 2. The van der Waals surface area contributed by atoms with E-state index < -0.39 is 16.6 Å². The van der Waals surface area contributed by atoms with Gasteiger partial charge in [-0.2, -0.15) is 8.78 Å². The van der Waals surface area contributed by atoms with Gasteiger partial charge in [-0.15, -0.1) is 0 Å². The molecule has 0 saturated carbocycles. The van der Waals surface area contributed by atoms with Gasteiger partial charge in [0.2, 0.25) is 10.0 Å². The minimum absolute atomic E-state index is 0.0672. The number of hydrogen-bond acceptors (Lipinski definition) is 5. The minimum atomic E-state index is -3.63. The third kappa shape index (κ3) is 6.67. The fraction of sp³-hybridized carbons (Fsp3) is 0.350. The van der Waals surface area contributed by atoms with Crippen LogP contribution >= 0.6 is 0 Å². The van der Waals surface area contributed by atoms with Gasteiger partial charge in [0, 0.05) is 18.2 Å². The summed E-state index contributed by atoms with van der Waals surface area (Å²) in [6.07, 6.45) is 0.375. The van der Waals surface area contributed by atoms with Crippen LogP contribution in [0.2, 0.25) is 0 Å². The Kier molecular flexibility index (Phi) is 8.13. The maximum atomic E-state index is 12.5. The first-order chi connectivity index (χ1) is 14.1. The van der Waals surface area contributed by atoms with Gasteiger partial charge in [-0.25, -0.2) is 13.1 Å². The quantitative estimate of drug-likeness (QED) is 0.590. The van der Waals surface area contributed by atoms with Crippen molar-refractivity contribution in [3.63, 3.8) is 0 Å². The van der Waals surface area contributed by atoms with Crippen molar-refractivity contribution in [2.45, 2.75) is 37.8 Å². The molecule has 0 spiro atoms. The van der Waals surface area contributed by atoms with Gasteiger partial charge in [-0.1, -0.05) is 6.07 Å². The SMILES string of the molecule is COc1ccc(CCNC(=O)c2ccc(S(=O)(=O)NC(C)C)cc2)cc1OC(F)F. The van der Waals surface area contributed by atoms with Crippen molar-refractivity contribution < 1.29 is 31.5 Å². The number of halogens is 2. The molecule has 0 aliphatic carbocycles. The lowest BCUT2D eigenvalue weighted by Gasteiger charge is -2.12. The van der Waals surface area contributed by atoms with Crippen molar-refractivity contribution >= 4 is 15.9 Å². The highest BCUT2D eigenvalue weighted by Crippen LogP contribution is 2.29. The highest BCUT2D eigenvalue weighted by atomic mass is 32.2. The molecular formula is C20H24F2N2O5S. The van der Waals surface area contributed by atoms with E-state index in [1.165, 1.54) is 43.5 Å². The first kappa shape index (κ1) is 23.6. The Labute approximate surface area is 174 Å². The second-order valence-corrected chi connectivity index (χ2v) is 8.38. The van der Waals surface area contributed by atoms with Crippen molar-refractivity contribution in [1.29, 1.82) is 0 Å². The highest BCUT2D eigenvalue weighted by molar-refractivity contribution is 7.89. The lowest BCUT2D eigenvalue weighted by Crippen LogP contribution is -2.30. The molecule has 0 heterocycles. The van der Waals surface area contributed by atoms with Gasteiger partial charge in [0.05, 0.1) is 12.0 Å². The van der Waals surface area contributed by atoms with Gasteiger partial charge in [0.1, 0.15) is 0 Å². The van der Waals surface area contributed by atoms with E-state index in [9.17, 15) is 22.0 Å². The van der Waals surface area contributed by atoms with Gasteiger partial charge in [0.25, 0.3) is 5.91 Å². The molecule has 2 N–H and O–H groups in total. The third-order valence-electron chi connectivity index (χ3n) is 3.96. The molecule has 0 saturated heterocycles. The number of alkyl halides is 2. The molecule has 2 aromatic rings. The number of rotatable bonds is 10. The number of sulfonamides is 1. The molecule has 0 radical (unpaired) electrons. The van der Waals surface area contributed by atoms with Crippen LogP contribution in [0.4, 0.5) is 8.78 Å².